The number of hydrogen-bond donors (Lipinski definition) is 0. The van der Waals surface area contributed by atoms with Crippen LogP contribution in [0.1, 0.15) is 39.5 Å². The molecule has 0 spiro atoms. The Kier molecular flexibility index (Phi) is 7.26. The topological polar surface area (TPSA) is 51.2 Å². The van der Waals surface area contributed by atoms with Gasteiger partial charge in [0.1, 0.15) is 0 Å². The number of sulfone groups is 1. The number of carbonyl (C=O) groups is 1. The Morgan fingerprint density at radius 1 is 1.33 bits per heavy atom. The summed E-state index contributed by atoms with van der Waals surface area (Å²) in [6, 6.07) is 0. The summed E-state index contributed by atoms with van der Waals surface area (Å²) in [6.07, 6.45) is 5.29. The van der Waals surface area contributed by atoms with E-state index in [1.165, 1.54) is 11.8 Å². The average Bonchev–Trinajstić information content (AvgIpc) is 2.18. The van der Waals surface area contributed by atoms with Gasteiger partial charge in [0.25, 0.3) is 5.12 Å². The minimum Gasteiger partial charge on any atom is -0.281 e. The molecule has 0 aromatic carbocycles. The third-order valence-corrected chi connectivity index (χ3v) is 5.13. The molecule has 0 amide bonds. The zero-order valence-corrected chi connectivity index (χ0v) is 11.3. The van der Waals surface area contributed by atoms with E-state index in [1.807, 2.05) is 0 Å². The Morgan fingerprint density at radius 2 is 1.93 bits per heavy atom. The fourth-order valence-electron chi connectivity index (χ4n) is 1.26. The molecular weight excluding hydrogens is 232 g/mol. The van der Waals surface area contributed by atoms with Crippen molar-refractivity contribution in [3.05, 3.63) is 0 Å². The largest absolute Gasteiger partial charge is 0.281 e. The number of hydrogen-bond acceptors (Lipinski definition) is 4. The summed E-state index contributed by atoms with van der Waals surface area (Å²) in [5.41, 5.74) is 0. The molecule has 1 atom stereocenters. The van der Waals surface area contributed by atoms with E-state index in [-0.39, 0.29) is 5.75 Å². The molecule has 0 aliphatic heterocycles. The summed E-state index contributed by atoms with van der Waals surface area (Å²) in [4.78, 5) is 11.3. The number of rotatable bonds is 7. The Hall–Kier alpha value is -0.0300. The molecule has 0 saturated carbocycles. The molecule has 0 bridgehead atoms. The molecule has 1 unspecified atom stereocenters. The lowest BCUT2D eigenvalue weighted by Gasteiger charge is -2.10. The molecule has 0 fully saturated rings. The SMILES string of the molecule is CCCCCC(C)S(=O)(=O)C(=O)CSC. The predicted molar refractivity (Wildman–Crippen MR) is 65.9 cm³/mol. The van der Waals surface area contributed by atoms with Crippen LogP contribution in [0.15, 0.2) is 0 Å². The smallest absolute Gasteiger partial charge is 0.256 e. The second-order valence-electron chi connectivity index (χ2n) is 3.66. The van der Waals surface area contributed by atoms with E-state index in [2.05, 4.69) is 6.92 Å². The van der Waals surface area contributed by atoms with Crippen LogP contribution in [-0.4, -0.2) is 30.8 Å². The second kappa shape index (κ2) is 7.28. The van der Waals surface area contributed by atoms with E-state index >= 15 is 0 Å². The molecular formula is C10H20O3S2. The van der Waals surface area contributed by atoms with Crippen molar-refractivity contribution in [3.8, 4) is 0 Å². The van der Waals surface area contributed by atoms with Gasteiger partial charge in [-0.3, -0.25) is 4.79 Å². The van der Waals surface area contributed by atoms with E-state index in [9.17, 15) is 13.2 Å². The van der Waals surface area contributed by atoms with Gasteiger partial charge in [-0.1, -0.05) is 26.2 Å². The lowest BCUT2D eigenvalue weighted by Crippen LogP contribution is -2.27. The Bertz CT molecular complexity index is 283. The minimum absolute atomic E-state index is 0.0699. The molecule has 90 valence electrons. The van der Waals surface area contributed by atoms with Crippen molar-refractivity contribution in [2.75, 3.05) is 12.0 Å². The highest BCUT2D eigenvalue weighted by Gasteiger charge is 2.27. The fourth-order valence-corrected chi connectivity index (χ4v) is 3.43. The van der Waals surface area contributed by atoms with Gasteiger partial charge in [-0.05, 0) is 19.6 Å². The molecule has 0 N–H and O–H groups in total. The number of thioether (sulfide) groups is 1. The Labute approximate surface area is 96.9 Å². The van der Waals surface area contributed by atoms with Gasteiger partial charge >= 0.3 is 0 Å². The molecule has 0 aromatic heterocycles. The maximum atomic E-state index is 11.7. The van der Waals surface area contributed by atoms with Gasteiger partial charge in [-0.15, -0.1) is 0 Å². The van der Waals surface area contributed by atoms with Crippen molar-refractivity contribution in [1.82, 2.24) is 0 Å². The van der Waals surface area contributed by atoms with Crippen LogP contribution in [0.4, 0.5) is 0 Å². The maximum Gasteiger partial charge on any atom is 0.256 e. The lowest BCUT2D eigenvalue weighted by molar-refractivity contribution is -0.109. The summed E-state index contributed by atoms with van der Waals surface area (Å²) >= 11 is 1.25. The van der Waals surface area contributed by atoms with Crippen molar-refractivity contribution in [2.45, 2.75) is 44.8 Å². The van der Waals surface area contributed by atoms with E-state index < -0.39 is 20.2 Å². The number of carbonyl (C=O) groups excluding carboxylic acids is 1. The molecule has 3 nitrogen and oxygen atoms in total. The van der Waals surface area contributed by atoms with Crippen molar-refractivity contribution in [3.63, 3.8) is 0 Å². The third-order valence-electron chi connectivity index (χ3n) is 2.32. The highest BCUT2D eigenvalue weighted by molar-refractivity contribution is 8.09. The van der Waals surface area contributed by atoms with E-state index in [4.69, 9.17) is 0 Å². The molecule has 0 heterocycles. The highest BCUT2D eigenvalue weighted by Crippen LogP contribution is 2.13. The molecule has 15 heavy (non-hydrogen) atoms. The first kappa shape index (κ1) is 15.0. The molecule has 0 saturated heterocycles. The van der Waals surface area contributed by atoms with Gasteiger partial charge in [-0.2, -0.15) is 11.8 Å². The normalized spacial score (nSPS) is 13.8. The van der Waals surface area contributed by atoms with Gasteiger partial charge in [0.2, 0.25) is 9.84 Å². The van der Waals surface area contributed by atoms with Crippen molar-refractivity contribution in [1.29, 1.82) is 0 Å². The quantitative estimate of drug-likeness (QED) is 0.652. The molecule has 0 aliphatic rings. The summed E-state index contributed by atoms with van der Waals surface area (Å²) in [5.74, 6) is 0.0699. The van der Waals surface area contributed by atoms with Gasteiger partial charge in [-0.25, -0.2) is 8.42 Å². The van der Waals surface area contributed by atoms with Crippen LogP contribution in [0.3, 0.4) is 0 Å². The number of unbranched alkanes of at least 4 members (excludes halogenated alkanes) is 2. The van der Waals surface area contributed by atoms with Crippen LogP contribution in [0.25, 0.3) is 0 Å². The molecule has 0 rings (SSSR count). The van der Waals surface area contributed by atoms with Crippen molar-refractivity contribution < 1.29 is 13.2 Å². The Balaban J connectivity index is 4.26. The van der Waals surface area contributed by atoms with Crippen LogP contribution in [0.2, 0.25) is 0 Å². The van der Waals surface area contributed by atoms with E-state index in [1.54, 1.807) is 13.2 Å². The van der Waals surface area contributed by atoms with Crippen LogP contribution < -0.4 is 0 Å². The maximum absolute atomic E-state index is 11.7. The molecule has 5 heteroatoms. The zero-order valence-electron chi connectivity index (χ0n) is 9.65. The second-order valence-corrected chi connectivity index (χ2v) is 6.87. The molecule has 0 aromatic rings. The third kappa shape index (κ3) is 5.02. The molecule has 0 radical (unpaired) electrons. The van der Waals surface area contributed by atoms with Gasteiger partial charge < -0.3 is 0 Å². The Morgan fingerprint density at radius 3 is 2.40 bits per heavy atom. The van der Waals surface area contributed by atoms with Gasteiger partial charge in [0.15, 0.2) is 0 Å². The first-order valence-corrected chi connectivity index (χ1v) is 8.16. The molecule has 0 aliphatic carbocycles. The summed E-state index contributed by atoms with van der Waals surface area (Å²) < 4.78 is 23.3. The first-order valence-electron chi connectivity index (χ1n) is 5.22. The van der Waals surface area contributed by atoms with E-state index in [0.29, 0.717) is 6.42 Å². The van der Waals surface area contributed by atoms with Crippen molar-refractivity contribution in [2.24, 2.45) is 0 Å². The van der Waals surface area contributed by atoms with Crippen LogP contribution >= 0.6 is 11.8 Å². The first-order chi connectivity index (χ1) is 6.96. The summed E-state index contributed by atoms with van der Waals surface area (Å²) in [5, 5.41) is -1.15. The fraction of sp³-hybridized carbons (Fsp3) is 0.900. The van der Waals surface area contributed by atoms with Crippen LogP contribution in [-0.2, 0) is 14.6 Å². The summed E-state index contributed by atoms with van der Waals surface area (Å²) in [6.45, 7) is 3.70. The van der Waals surface area contributed by atoms with Gasteiger partial charge in [0, 0.05) is 0 Å². The lowest BCUT2D eigenvalue weighted by atomic mass is 10.2. The monoisotopic (exact) mass is 252 g/mol. The van der Waals surface area contributed by atoms with Crippen LogP contribution in [0, 0.1) is 0 Å². The van der Waals surface area contributed by atoms with Crippen molar-refractivity contribution >= 4 is 26.7 Å². The zero-order chi connectivity index (χ0) is 11.9. The van der Waals surface area contributed by atoms with E-state index in [0.717, 1.165) is 19.3 Å². The predicted octanol–water partition coefficient (Wildman–Crippen LogP) is 2.26. The van der Waals surface area contributed by atoms with Crippen LogP contribution in [0.5, 0.6) is 0 Å². The average molecular weight is 252 g/mol. The standard InChI is InChI=1S/C10H20O3S2/c1-4-5-6-7-9(2)15(12,13)10(11)8-14-3/h9H,4-8H2,1-3H3. The highest BCUT2D eigenvalue weighted by atomic mass is 32.2. The summed E-state index contributed by atoms with van der Waals surface area (Å²) in [7, 11) is -3.54. The minimum atomic E-state index is -3.54. The van der Waals surface area contributed by atoms with Gasteiger partial charge in [0.05, 0.1) is 11.0 Å².